The van der Waals surface area contributed by atoms with Crippen molar-refractivity contribution in [1.29, 1.82) is 0 Å². The van der Waals surface area contributed by atoms with E-state index in [1.54, 1.807) is 20.0 Å². The van der Waals surface area contributed by atoms with E-state index >= 15 is 0 Å². The van der Waals surface area contributed by atoms with Gasteiger partial charge in [-0.25, -0.2) is 0 Å². The number of aryl methyl sites for hydroxylation is 2. The fourth-order valence-electron chi connectivity index (χ4n) is 2.01. The monoisotopic (exact) mass is 265 g/mol. The first-order valence-electron chi connectivity index (χ1n) is 6.65. The van der Waals surface area contributed by atoms with Gasteiger partial charge in [0.1, 0.15) is 5.60 Å². The van der Waals surface area contributed by atoms with Crippen LogP contribution in [0.4, 0.5) is 0 Å². The second kappa shape index (κ2) is 5.48. The summed E-state index contributed by atoms with van der Waals surface area (Å²) in [5, 5.41) is 9.72. The average Bonchev–Trinajstić information content (AvgIpc) is 2.37. The van der Waals surface area contributed by atoms with Gasteiger partial charge in [0, 0.05) is 17.3 Å². The lowest BCUT2D eigenvalue weighted by molar-refractivity contribution is 0.143. The van der Waals surface area contributed by atoms with Crippen LogP contribution in [0.25, 0.3) is 11.3 Å². The van der Waals surface area contributed by atoms with Crippen LogP contribution in [-0.4, -0.2) is 15.7 Å². The first kappa shape index (κ1) is 14.3. The van der Waals surface area contributed by atoms with Crippen molar-refractivity contribution in [3.8, 4) is 23.1 Å². The predicted octanol–water partition coefficient (Wildman–Crippen LogP) is 3.49. The van der Waals surface area contributed by atoms with Crippen molar-refractivity contribution in [2.24, 2.45) is 0 Å². The lowest BCUT2D eigenvalue weighted by Crippen LogP contribution is -2.14. The molecule has 1 aromatic carbocycles. The van der Waals surface area contributed by atoms with Crippen molar-refractivity contribution in [1.82, 2.24) is 4.98 Å². The van der Waals surface area contributed by atoms with E-state index < -0.39 is 5.60 Å². The van der Waals surface area contributed by atoms with Crippen molar-refractivity contribution in [2.75, 3.05) is 0 Å². The maximum Gasteiger partial charge on any atom is 0.120 e. The molecule has 0 fully saturated rings. The molecule has 2 aromatic rings. The Bertz CT molecular complexity index is 670. The highest BCUT2D eigenvalue weighted by molar-refractivity contribution is 5.67. The summed E-state index contributed by atoms with van der Waals surface area (Å²) in [6.45, 7) is 7.47. The number of benzene rings is 1. The van der Waals surface area contributed by atoms with Crippen LogP contribution in [0, 0.1) is 25.7 Å². The van der Waals surface area contributed by atoms with Gasteiger partial charge < -0.3 is 5.11 Å². The molecule has 0 saturated carbocycles. The SMILES string of the molecule is Cc1cc(C)c(-c2ccccn2)cc1C#CC(C)(C)O. The highest BCUT2D eigenvalue weighted by Crippen LogP contribution is 2.24. The van der Waals surface area contributed by atoms with Gasteiger partial charge in [-0.2, -0.15) is 0 Å². The molecule has 0 saturated heterocycles. The summed E-state index contributed by atoms with van der Waals surface area (Å²) < 4.78 is 0. The molecular weight excluding hydrogens is 246 g/mol. The van der Waals surface area contributed by atoms with Crippen molar-refractivity contribution in [2.45, 2.75) is 33.3 Å². The number of hydrogen-bond donors (Lipinski definition) is 1. The molecule has 0 bridgehead atoms. The Morgan fingerprint density at radius 1 is 1.10 bits per heavy atom. The normalized spacial score (nSPS) is 10.8. The molecule has 1 heterocycles. The molecule has 1 N–H and O–H groups in total. The topological polar surface area (TPSA) is 33.1 Å². The fourth-order valence-corrected chi connectivity index (χ4v) is 2.01. The molecule has 0 aliphatic heterocycles. The van der Waals surface area contributed by atoms with Gasteiger partial charge in [-0.05, 0) is 57.0 Å². The minimum absolute atomic E-state index is 0.929. The summed E-state index contributed by atoms with van der Waals surface area (Å²) in [7, 11) is 0. The highest BCUT2D eigenvalue weighted by Gasteiger charge is 2.09. The van der Waals surface area contributed by atoms with Crippen molar-refractivity contribution < 1.29 is 5.11 Å². The predicted molar refractivity (Wildman–Crippen MR) is 82.3 cm³/mol. The Morgan fingerprint density at radius 3 is 2.45 bits per heavy atom. The molecule has 2 rings (SSSR count). The van der Waals surface area contributed by atoms with E-state index in [2.05, 4.69) is 29.8 Å². The Labute approximate surface area is 120 Å². The molecule has 0 aliphatic rings. The summed E-state index contributed by atoms with van der Waals surface area (Å²) in [4.78, 5) is 4.39. The van der Waals surface area contributed by atoms with Gasteiger partial charge in [0.25, 0.3) is 0 Å². The lowest BCUT2D eigenvalue weighted by atomic mass is 9.97. The largest absolute Gasteiger partial charge is 0.378 e. The molecule has 2 nitrogen and oxygen atoms in total. The Balaban J connectivity index is 2.53. The van der Waals surface area contributed by atoms with Crippen LogP contribution in [0.2, 0.25) is 0 Å². The van der Waals surface area contributed by atoms with Gasteiger partial charge >= 0.3 is 0 Å². The molecule has 0 amide bonds. The third-order valence-electron chi connectivity index (χ3n) is 3.02. The summed E-state index contributed by atoms with van der Waals surface area (Å²) in [5.41, 5.74) is 4.25. The van der Waals surface area contributed by atoms with E-state index in [-0.39, 0.29) is 0 Å². The van der Waals surface area contributed by atoms with Gasteiger partial charge in [0.2, 0.25) is 0 Å². The molecule has 2 heteroatoms. The number of nitrogens with zero attached hydrogens (tertiary/aromatic N) is 1. The van der Waals surface area contributed by atoms with Crippen LogP contribution < -0.4 is 0 Å². The summed E-state index contributed by atoms with van der Waals surface area (Å²) in [5.74, 6) is 5.92. The van der Waals surface area contributed by atoms with E-state index in [0.717, 1.165) is 22.4 Å². The summed E-state index contributed by atoms with van der Waals surface area (Å²) in [6.07, 6.45) is 1.79. The van der Waals surface area contributed by atoms with Crippen LogP contribution in [0.3, 0.4) is 0 Å². The van der Waals surface area contributed by atoms with Crippen LogP contribution in [0.1, 0.15) is 30.5 Å². The number of rotatable bonds is 1. The quantitative estimate of drug-likeness (QED) is 0.801. The molecule has 20 heavy (non-hydrogen) atoms. The van der Waals surface area contributed by atoms with E-state index in [0.29, 0.717) is 0 Å². The minimum Gasteiger partial charge on any atom is -0.378 e. The van der Waals surface area contributed by atoms with Gasteiger partial charge in [-0.1, -0.05) is 24.0 Å². The molecule has 1 aromatic heterocycles. The molecule has 0 atom stereocenters. The van der Waals surface area contributed by atoms with Crippen LogP contribution in [0.5, 0.6) is 0 Å². The number of hydrogen-bond acceptors (Lipinski definition) is 2. The van der Waals surface area contributed by atoms with Crippen molar-refractivity contribution >= 4 is 0 Å². The van der Waals surface area contributed by atoms with E-state index in [1.807, 2.05) is 31.2 Å². The number of pyridine rings is 1. The Morgan fingerprint density at radius 2 is 1.85 bits per heavy atom. The highest BCUT2D eigenvalue weighted by atomic mass is 16.3. The second-order valence-corrected chi connectivity index (χ2v) is 5.51. The first-order valence-corrected chi connectivity index (χ1v) is 6.65. The zero-order chi connectivity index (χ0) is 14.8. The smallest absolute Gasteiger partial charge is 0.120 e. The van der Waals surface area contributed by atoms with Crippen LogP contribution >= 0.6 is 0 Å². The zero-order valence-electron chi connectivity index (χ0n) is 12.4. The molecule has 0 unspecified atom stereocenters. The van der Waals surface area contributed by atoms with Crippen LogP contribution in [-0.2, 0) is 0 Å². The van der Waals surface area contributed by atoms with Crippen LogP contribution in [0.15, 0.2) is 36.5 Å². The summed E-state index contributed by atoms with van der Waals surface area (Å²) in [6, 6.07) is 10.0. The van der Waals surface area contributed by atoms with Gasteiger partial charge in [0.05, 0.1) is 5.69 Å². The molecule has 0 aliphatic carbocycles. The Kier molecular flexibility index (Phi) is 3.92. The number of aromatic nitrogens is 1. The number of aliphatic hydroxyl groups is 1. The standard InChI is InChI=1S/C18H19NO/c1-13-11-14(2)16(17-7-5-6-10-19-17)12-15(13)8-9-18(3,4)20/h5-7,10-12,20H,1-4H3. The van der Waals surface area contributed by atoms with Gasteiger partial charge in [0.15, 0.2) is 0 Å². The lowest BCUT2D eigenvalue weighted by Gasteiger charge is -2.10. The second-order valence-electron chi connectivity index (χ2n) is 5.51. The molecule has 0 radical (unpaired) electrons. The third-order valence-corrected chi connectivity index (χ3v) is 3.02. The molecule has 102 valence electrons. The van der Waals surface area contributed by atoms with E-state index in [4.69, 9.17) is 0 Å². The fraction of sp³-hybridized carbons (Fsp3) is 0.278. The first-order chi connectivity index (χ1) is 9.37. The zero-order valence-corrected chi connectivity index (χ0v) is 12.4. The van der Waals surface area contributed by atoms with E-state index in [9.17, 15) is 5.11 Å². The minimum atomic E-state index is -0.984. The van der Waals surface area contributed by atoms with Gasteiger partial charge in [-0.3, -0.25) is 4.98 Å². The Hall–Kier alpha value is -2.11. The maximum atomic E-state index is 9.72. The van der Waals surface area contributed by atoms with Crippen molar-refractivity contribution in [3.05, 3.63) is 53.2 Å². The maximum absolute atomic E-state index is 9.72. The summed E-state index contributed by atoms with van der Waals surface area (Å²) >= 11 is 0. The molecule has 0 spiro atoms. The molecular formula is C18H19NO. The third kappa shape index (κ3) is 3.46. The average molecular weight is 265 g/mol. The van der Waals surface area contributed by atoms with Crippen molar-refractivity contribution in [3.63, 3.8) is 0 Å². The van der Waals surface area contributed by atoms with Gasteiger partial charge in [-0.15, -0.1) is 0 Å². The van der Waals surface area contributed by atoms with E-state index in [1.165, 1.54) is 5.56 Å².